The molecule has 0 aliphatic carbocycles. The SMILES string of the molecule is CC(O)CN1CCC(CN(C)CCOCC(F)(F)F)CC1. The Morgan fingerprint density at radius 1 is 1.33 bits per heavy atom. The summed E-state index contributed by atoms with van der Waals surface area (Å²) in [5, 5.41) is 9.35. The van der Waals surface area contributed by atoms with Crippen LogP contribution in [0.1, 0.15) is 19.8 Å². The second-order valence-corrected chi connectivity index (χ2v) is 6.02. The summed E-state index contributed by atoms with van der Waals surface area (Å²) in [6.07, 6.45) is -2.40. The summed E-state index contributed by atoms with van der Waals surface area (Å²) in [7, 11) is 1.92. The fourth-order valence-electron chi connectivity index (χ4n) is 2.67. The van der Waals surface area contributed by atoms with Crippen LogP contribution in [0.3, 0.4) is 0 Å². The summed E-state index contributed by atoms with van der Waals surface area (Å²) < 4.78 is 40.4. The second kappa shape index (κ2) is 8.92. The first-order chi connectivity index (χ1) is 9.76. The Morgan fingerprint density at radius 3 is 2.48 bits per heavy atom. The molecule has 0 aromatic carbocycles. The number of aliphatic hydroxyl groups is 1. The van der Waals surface area contributed by atoms with Gasteiger partial charge in [-0.1, -0.05) is 0 Å². The van der Waals surface area contributed by atoms with E-state index in [-0.39, 0.29) is 12.7 Å². The monoisotopic (exact) mass is 312 g/mol. The summed E-state index contributed by atoms with van der Waals surface area (Å²) in [5.41, 5.74) is 0. The third-order valence-electron chi connectivity index (χ3n) is 3.68. The first kappa shape index (κ1) is 18.7. The number of likely N-dealkylation sites (tertiary alicyclic amines) is 1. The predicted molar refractivity (Wildman–Crippen MR) is 75.2 cm³/mol. The molecule has 1 heterocycles. The zero-order valence-electron chi connectivity index (χ0n) is 12.9. The Morgan fingerprint density at radius 2 is 1.95 bits per heavy atom. The van der Waals surface area contributed by atoms with E-state index in [0.717, 1.165) is 32.5 Å². The van der Waals surface area contributed by atoms with E-state index in [9.17, 15) is 18.3 Å². The summed E-state index contributed by atoms with van der Waals surface area (Å²) in [5.74, 6) is 0.572. The van der Waals surface area contributed by atoms with Gasteiger partial charge in [-0.25, -0.2) is 0 Å². The van der Waals surface area contributed by atoms with Gasteiger partial charge in [0.1, 0.15) is 6.61 Å². The predicted octanol–water partition coefficient (Wildman–Crippen LogP) is 1.59. The van der Waals surface area contributed by atoms with Gasteiger partial charge in [0.05, 0.1) is 12.7 Å². The van der Waals surface area contributed by atoms with Gasteiger partial charge in [0.25, 0.3) is 0 Å². The average molecular weight is 312 g/mol. The third-order valence-corrected chi connectivity index (χ3v) is 3.68. The molecule has 0 aromatic heterocycles. The zero-order chi connectivity index (χ0) is 15.9. The zero-order valence-corrected chi connectivity index (χ0v) is 12.9. The third kappa shape index (κ3) is 9.29. The Hall–Kier alpha value is -0.370. The number of halogens is 3. The van der Waals surface area contributed by atoms with Crippen LogP contribution in [0.15, 0.2) is 0 Å². The number of nitrogens with zero attached hydrogens (tertiary/aromatic N) is 2. The van der Waals surface area contributed by atoms with Crippen LogP contribution in [0.4, 0.5) is 13.2 Å². The largest absolute Gasteiger partial charge is 0.411 e. The highest BCUT2D eigenvalue weighted by molar-refractivity contribution is 4.75. The summed E-state index contributed by atoms with van der Waals surface area (Å²) >= 11 is 0. The molecule has 1 saturated heterocycles. The highest BCUT2D eigenvalue weighted by Crippen LogP contribution is 2.18. The van der Waals surface area contributed by atoms with Gasteiger partial charge in [-0.05, 0) is 45.8 Å². The maximum Gasteiger partial charge on any atom is 0.411 e. The van der Waals surface area contributed by atoms with Crippen molar-refractivity contribution in [3.8, 4) is 0 Å². The molecule has 7 heteroatoms. The molecule has 0 saturated carbocycles. The molecule has 0 aromatic rings. The van der Waals surface area contributed by atoms with Gasteiger partial charge in [-0.3, -0.25) is 0 Å². The van der Waals surface area contributed by atoms with Gasteiger partial charge >= 0.3 is 6.18 Å². The molecule has 1 rings (SSSR count). The lowest BCUT2D eigenvalue weighted by atomic mass is 9.96. The molecule has 1 aliphatic heterocycles. The van der Waals surface area contributed by atoms with Crippen molar-refractivity contribution in [2.45, 2.75) is 32.0 Å². The van der Waals surface area contributed by atoms with E-state index in [2.05, 4.69) is 9.64 Å². The Balaban J connectivity index is 2.09. The molecule has 21 heavy (non-hydrogen) atoms. The van der Waals surface area contributed by atoms with Gasteiger partial charge in [0.15, 0.2) is 0 Å². The lowest BCUT2D eigenvalue weighted by molar-refractivity contribution is -0.174. The van der Waals surface area contributed by atoms with Crippen molar-refractivity contribution in [2.75, 3.05) is 53.0 Å². The minimum Gasteiger partial charge on any atom is -0.392 e. The van der Waals surface area contributed by atoms with Crippen molar-refractivity contribution in [2.24, 2.45) is 5.92 Å². The number of hydrogen-bond donors (Lipinski definition) is 1. The number of aliphatic hydroxyl groups excluding tert-OH is 1. The molecular formula is C14H27F3N2O2. The van der Waals surface area contributed by atoms with Crippen LogP contribution in [0.25, 0.3) is 0 Å². The van der Waals surface area contributed by atoms with E-state index in [1.54, 1.807) is 6.92 Å². The van der Waals surface area contributed by atoms with E-state index in [4.69, 9.17) is 0 Å². The van der Waals surface area contributed by atoms with Gasteiger partial charge in [-0.2, -0.15) is 13.2 Å². The highest BCUT2D eigenvalue weighted by atomic mass is 19.4. The van der Waals surface area contributed by atoms with E-state index in [1.807, 2.05) is 11.9 Å². The maximum atomic E-state index is 11.9. The smallest absolute Gasteiger partial charge is 0.392 e. The molecular weight excluding hydrogens is 285 g/mol. The lowest BCUT2D eigenvalue weighted by Gasteiger charge is -2.34. The molecule has 1 atom stereocenters. The van der Waals surface area contributed by atoms with Crippen molar-refractivity contribution in [1.29, 1.82) is 0 Å². The number of likely N-dealkylation sites (N-methyl/N-ethyl adjacent to an activating group) is 1. The molecule has 0 radical (unpaired) electrons. The first-order valence-electron chi connectivity index (χ1n) is 7.49. The molecule has 0 bridgehead atoms. The highest BCUT2D eigenvalue weighted by Gasteiger charge is 2.27. The minimum atomic E-state index is -4.24. The van der Waals surface area contributed by atoms with Crippen LogP contribution < -0.4 is 0 Å². The minimum absolute atomic E-state index is 0.108. The quantitative estimate of drug-likeness (QED) is 0.691. The lowest BCUT2D eigenvalue weighted by Crippen LogP contribution is -2.41. The number of piperidine rings is 1. The topological polar surface area (TPSA) is 35.9 Å². The number of hydrogen-bond acceptors (Lipinski definition) is 4. The normalized spacial score (nSPS) is 20.1. The molecule has 0 amide bonds. The standard InChI is InChI=1S/C14H27F3N2O2/c1-12(20)9-19-5-3-13(4-6-19)10-18(2)7-8-21-11-14(15,16)17/h12-13,20H,3-11H2,1-2H3. The van der Waals surface area contributed by atoms with E-state index in [0.29, 0.717) is 19.0 Å². The maximum absolute atomic E-state index is 11.9. The van der Waals surface area contributed by atoms with E-state index in [1.165, 1.54) is 0 Å². The van der Waals surface area contributed by atoms with Crippen LogP contribution in [0.5, 0.6) is 0 Å². The molecule has 1 unspecified atom stereocenters. The second-order valence-electron chi connectivity index (χ2n) is 6.02. The van der Waals surface area contributed by atoms with Crippen LogP contribution in [0, 0.1) is 5.92 Å². The number of β-amino-alcohol motifs (C(OH)–C–C–N with tert-alkyl or cyclic N) is 1. The number of ether oxygens (including phenoxy) is 1. The summed E-state index contributed by atoms with van der Waals surface area (Å²) in [6.45, 7) is 4.81. The number of alkyl halides is 3. The first-order valence-corrected chi connectivity index (χ1v) is 7.49. The molecule has 1 aliphatic rings. The molecule has 126 valence electrons. The van der Waals surface area contributed by atoms with Crippen LogP contribution >= 0.6 is 0 Å². The van der Waals surface area contributed by atoms with Crippen LogP contribution in [-0.4, -0.2) is 80.2 Å². The average Bonchev–Trinajstić information content (AvgIpc) is 2.35. The van der Waals surface area contributed by atoms with Crippen LogP contribution in [-0.2, 0) is 4.74 Å². The Labute approximate surface area is 124 Å². The Kier molecular flexibility index (Phi) is 7.94. The molecule has 1 fully saturated rings. The molecule has 4 nitrogen and oxygen atoms in total. The van der Waals surface area contributed by atoms with E-state index < -0.39 is 12.8 Å². The van der Waals surface area contributed by atoms with Crippen molar-refractivity contribution in [3.63, 3.8) is 0 Å². The van der Waals surface area contributed by atoms with Crippen LogP contribution in [0.2, 0.25) is 0 Å². The number of rotatable bonds is 8. The van der Waals surface area contributed by atoms with Crippen molar-refractivity contribution >= 4 is 0 Å². The van der Waals surface area contributed by atoms with Gasteiger partial charge in [0.2, 0.25) is 0 Å². The Bertz CT molecular complexity index is 280. The van der Waals surface area contributed by atoms with Gasteiger partial charge in [-0.15, -0.1) is 0 Å². The fraction of sp³-hybridized carbons (Fsp3) is 1.00. The summed E-state index contributed by atoms with van der Waals surface area (Å²) in [6, 6.07) is 0. The fourth-order valence-corrected chi connectivity index (χ4v) is 2.67. The van der Waals surface area contributed by atoms with Gasteiger partial charge in [0, 0.05) is 19.6 Å². The van der Waals surface area contributed by atoms with Gasteiger partial charge < -0.3 is 19.6 Å². The molecule has 0 spiro atoms. The van der Waals surface area contributed by atoms with Crippen molar-refractivity contribution in [1.82, 2.24) is 9.80 Å². The van der Waals surface area contributed by atoms with E-state index >= 15 is 0 Å². The van der Waals surface area contributed by atoms with Crippen molar-refractivity contribution < 1.29 is 23.0 Å². The van der Waals surface area contributed by atoms with Crippen molar-refractivity contribution in [3.05, 3.63) is 0 Å². The summed E-state index contributed by atoms with van der Waals surface area (Å²) in [4.78, 5) is 4.29. The molecule has 1 N–H and O–H groups in total.